The van der Waals surface area contributed by atoms with E-state index in [1.54, 1.807) is 28.0 Å². The quantitative estimate of drug-likeness (QED) is 0.578. The molecule has 2 heterocycles. The van der Waals surface area contributed by atoms with E-state index in [-0.39, 0.29) is 23.7 Å². The molecule has 2 aromatic rings. The molecule has 0 aromatic heterocycles. The van der Waals surface area contributed by atoms with Crippen LogP contribution in [0.3, 0.4) is 0 Å². The van der Waals surface area contributed by atoms with Crippen molar-refractivity contribution in [3.05, 3.63) is 53.6 Å². The number of nitrogens with zero attached hydrogens (tertiary/aromatic N) is 2. The highest BCUT2D eigenvalue weighted by molar-refractivity contribution is 6.00. The Morgan fingerprint density at radius 3 is 2.44 bits per heavy atom. The highest BCUT2D eigenvalue weighted by Crippen LogP contribution is 2.35. The lowest BCUT2D eigenvalue weighted by atomic mass is 10.0. The van der Waals surface area contributed by atoms with Gasteiger partial charge in [0.15, 0.2) is 0 Å². The topological polar surface area (TPSA) is 59.1 Å². The van der Waals surface area contributed by atoms with Crippen LogP contribution in [0.2, 0.25) is 0 Å². The maximum atomic E-state index is 13.3. The van der Waals surface area contributed by atoms with Crippen molar-refractivity contribution in [3.63, 3.8) is 0 Å². The molecule has 1 saturated heterocycles. The average Bonchev–Trinajstić information content (AvgIpc) is 3.25. The second kappa shape index (κ2) is 8.52. The van der Waals surface area contributed by atoms with Gasteiger partial charge < -0.3 is 19.3 Å². The SMILES string of the molecule is C[C@@H]1[C@H](N2Cc3ccc(-c4cccc(OC(F)(F)F)c4)cc3C2=O)CCN1C(=O)OC(C)(C)C. The second-order valence-corrected chi connectivity index (χ2v) is 9.65. The molecule has 182 valence electrons. The number of fused-ring (bicyclic) bond motifs is 1. The number of carbonyl (C=O) groups is 2. The molecule has 2 aliphatic heterocycles. The highest BCUT2D eigenvalue weighted by Gasteiger charge is 2.43. The fourth-order valence-electron chi connectivity index (χ4n) is 4.56. The van der Waals surface area contributed by atoms with Gasteiger partial charge in [-0.15, -0.1) is 13.2 Å². The molecule has 0 saturated carbocycles. The van der Waals surface area contributed by atoms with E-state index in [9.17, 15) is 22.8 Å². The number of rotatable bonds is 3. The third-order valence-electron chi connectivity index (χ3n) is 6.09. The van der Waals surface area contributed by atoms with E-state index >= 15 is 0 Å². The van der Waals surface area contributed by atoms with E-state index in [1.807, 2.05) is 33.8 Å². The van der Waals surface area contributed by atoms with Gasteiger partial charge in [-0.1, -0.05) is 24.3 Å². The number of hydrogen-bond acceptors (Lipinski definition) is 4. The zero-order valence-electron chi connectivity index (χ0n) is 19.5. The highest BCUT2D eigenvalue weighted by atomic mass is 19.4. The van der Waals surface area contributed by atoms with Crippen LogP contribution in [0.5, 0.6) is 5.75 Å². The van der Waals surface area contributed by atoms with Crippen molar-refractivity contribution in [2.24, 2.45) is 0 Å². The van der Waals surface area contributed by atoms with E-state index in [0.717, 1.165) is 5.56 Å². The van der Waals surface area contributed by atoms with Crippen molar-refractivity contribution in [3.8, 4) is 16.9 Å². The van der Waals surface area contributed by atoms with Crippen molar-refractivity contribution in [2.45, 2.75) is 64.7 Å². The molecule has 0 N–H and O–H groups in total. The zero-order valence-corrected chi connectivity index (χ0v) is 19.5. The number of hydrogen-bond donors (Lipinski definition) is 0. The second-order valence-electron chi connectivity index (χ2n) is 9.65. The minimum absolute atomic E-state index is 0.151. The molecule has 2 aliphatic rings. The Kier molecular flexibility index (Phi) is 5.99. The van der Waals surface area contributed by atoms with Crippen LogP contribution in [0.25, 0.3) is 11.1 Å². The third kappa shape index (κ3) is 4.98. The van der Waals surface area contributed by atoms with Crippen molar-refractivity contribution in [1.82, 2.24) is 9.80 Å². The Balaban J connectivity index is 1.52. The molecular formula is C25H27F3N2O4. The predicted molar refractivity (Wildman–Crippen MR) is 119 cm³/mol. The summed E-state index contributed by atoms with van der Waals surface area (Å²) in [4.78, 5) is 29.3. The van der Waals surface area contributed by atoms with Crippen molar-refractivity contribution < 1.29 is 32.2 Å². The van der Waals surface area contributed by atoms with Crippen LogP contribution < -0.4 is 4.74 Å². The van der Waals surface area contributed by atoms with Gasteiger partial charge in [0.25, 0.3) is 5.91 Å². The summed E-state index contributed by atoms with van der Waals surface area (Å²) in [7, 11) is 0. The number of amides is 2. The van der Waals surface area contributed by atoms with E-state index in [2.05, 4.69) is 4.74 Å². The van der Waals surface area contributed by atoms with Crippen LogP contribution in [0.1, 0.15) is 50.0 Å². The van der Waals surface area contributed by atoms with Crippen molar-refractivity contribution in [2.75, 3.05) is 6.54 Å². The summed E-state index contributed by atoms with van der Waals surface area (Å²) in [5, 5.41) is 0. The van der Waals surface area contributed by atoms with Crippen LogP contribution in [-0.2, 0) is 11.3 Å². The summed E-state index contributed by atoms with van der Waals surface area (Å²) in [6.07, 6.45) is -4.53. The molecule has 4 rings (SSSR count). The summed E-state index contributed by atoms with van der Waals surface area (Å²) in [6, 6.07) is 10.6. The first-order chi connectivity index (χ1) is 15.8. The number of ether oxygens (including phenoxy) is 2. The number of alkyl halides is 3. The van der Waals surface area contributed by atoms with Gasteiger partial charge in [-0.05, 0) is 69.0 Å². The van der Waals surface area contributed by atoms with E-state index < -0.39 is 18.1 Å². The Morgan fingerprint density at radius 1 is 1.06 bits per heavy atom. The molecule has 1 fully saturated rings. The molecular weight excluding hydrogens is 449 g/mol. The lowest BCUT2D eigenvalue weighted by Crippen LogP contribution is -2.46. The van der Waals surface area contributed by atoms with Gasteiger partial charge in [-0.2, -0.15) is 0 Å². The summed E-state index contributed by atoms with van der Waals surface area (Å²) >= 11 is 0. The molecule has 0 aliphatic carbocycles. The summed E-state index contributed by atoms with van der Waals surface area (Å²) in [5.74, 6) is -0.470. The third-order valence-corrected chi connectivity index (χ3v) is 6.09. The predicted octanol–water partition coefficient (Wildman–Crippen LogP) is 5.61. The molecule has 2 atom stereocenters. The van der Waals surface area contributed by atoms with Gasteiger partial charge in [-0.3, -0.25) is 4.79 Å². The van der Waals surface area contributed by atoms with Crippen LogP contribution in [0.4, 0.5) is 18.0 Å². The smallest absolute Gasteiger partial charge is 0.444 e. The first kappa shape index (κ1) is 23.9. The summed E-state index contributed by atoms with van der Waals surface area (Å²) in [6.45, 7) is 8.27. The Labute approximate surface area is 196 Å². The lowest BCUT2D eigenvalue weighted by molar-refractivity contribution is -0.274. The Hall–Kier alpha value is -3.23. The van der Waals surface area contributed by atoms with Gasteiger partial charge in [-0.25, -0.2) is 4.79 Å². The van der Waals surface area contributed by atoms with Crippen LogP contribution in [-0.4, -0.2) is 52.4 Å². The maximum absolute atomic E-state index is 13.3. The Morgan fingerprint density at radius 2 is 1.76 bits per heavy atom. The fraction of sp³-hybridized carbons (Fsp3) is 0.440. The van der Waals surface area contributed by atoms with Gasteiger partial charge >= 0.3 is 12.5 Å². The monoisotopic (exact) mass is 476 g/mol. The molecule has 0 radical (unpaired) electrons. The minimum Gasteiger partial charge on any atom is -0.444 e. The summed E-state index contributed by atoms with van der Waals surface area (Å²) < 4.78 is 47.3. The molecule has 0 spiro atoms. The first-order valence-corrected chi connectivity index (χ1v) is 11.1. The van der Waals surface area contributed by atoms with Gasteiger partial charge in [0.2, 0.25) is 0 Å². The largest absolute Gasteiger partial charge is 0.573 e. The van der Waals surface area contributed by atoms with E-state index in [1.165, 1.54) is 18.2 Å². The fourth-order valence-corrected chi connectivity index (χ4v) is 4.56. The van der Waals surface area contributed by atoms with Crippen LogP contribution in [0, 0.1) is 0 Å². The van der Waals surface area contributed by atoms with Gasteiger partial charge in [0.05, 0.1) is 12.1 Å². The normalized spacial score (nSPS) is 20.5. The van der Waals surface area contributed by atoms with Crippen LogP contribution >= 0.6 is 0 Å². The van der Waals surface area contributed by atoms with Crippen LogP contribution in [0.15, 0.2) is 42.5 Å². The average molecular weight is 476 g/mol. The van der Waals surface area contributed by atoms with Gasteiger partial charge in [0.1, 0.15) is 11.4 Å². The van der Waals surface area contributed by atoms with Crippen molar-refractivity contribution >= 4 is 12.0 Å². The van der Waals surface area contributed by atoms with E-state index in [4.69, 9.17) is 4.74 Å². The molecule has 34 heavy (non-hydrogen) atoms. The number of halogens is 3. The summed E-state index contributed by atoms with van der Waals surface area (Å²) in [5.41, 5.74) is 1.90. The molecule has 0 unspecified atom stereocenters. The molecule has 6 nitrogen and oxygen atoms in total. The molecule has 2 aromatic carbocycles. The zero-order chi connectivity index (χ0) is 24.8. The standard InChI is InChI=1S/C25H27F3N2O4/c1-15-21(10-11-29(15)23(32)34-24(2,3)4)30-14-18-9-8-17(13-20(18)22(30)31)16-6-5-7-19(12-16)33-25(26,27)28/h5-9,12-13,15,21H,10-11,14H2,1-4H3/t15-,21-/m1/s1. The van der Waals surface area contributed by atoms with E-state index in [0.29, 0.717) is 36.2 Å². The molecule has 0 bridgehead atoms. The first-order valence-electron chi connectivity index (χ1n) is 11.1. The molecule has 2 amide bonds. The number of likely N-dealkylation sites (tertiary alicyclic amines) is 1. The van der Waals surface area contributed by atoms with Gasteiger partial charge in [0, 0.05) is 18.7 Å². The minimum atomic E-state index is -4.78. The number of carbonyl (C=O) groups excluding carboxylic acids is 2. The van der Waals surface area contributed by atoms with Crippen molar-refractivity contribution in [1.29, 1.82) is 0 Å². The molecule has 9 heteroatoms. The maximum Gasteiger partial charge on any atom is 0.573 e. The Bertz CT molecular complexity index is 1110. The lowest BCUT2D eigenvalue weighted by Gasteiger charge is -2.31. The number of benzene rings is 2.